The van der Waals surface area contributed by atoms with Gasteiger partial charge in [-0.3, -0.25) is 4.79 Å². The molecule has 2 aliphatic rings. The highest BCUT2D eigenvalue weighted by Gasteiger charge is 2.52. The number of alkyl halides is 3. The zero-order valence-corrected chi connectivity index (χ0v) is 12.0. The standard InChI is InChI=1S/C16H18F3NO2/c17-16(18,19)12-3-1-2-11(8-12)15(6-7-15)13(22)20-9-14(10-21)4-5-14/h1-3,8,21H,4-7,9-10H2,(H,20,22). The third kappa shape index (κ3) is 2.72. The minimum atomic E-state index is -4.41. The van der Waals surface area contributed by atoms with Crippen LogP contribution in [0.15, 0.2) is 24.3 Å². The summed E-state index contributed by atoms with van der Waals surface area (Å²) in [6.45, 7) is 0.423. The molecular formula is C16H18F3NO2. The molecule has 1 aromatic carbocycles. The van der Waals surface area contributed by atoms with Crippen LogP contribution >= 0.6 is 0 Å². The number of rotatable bonds is 5. The second-order valence-electron chi connectivity index (χ2n) is 6.50. The molecule has 120 valence electrons. The highest BCUT2D eigenvalue weighted by Crippen LogP contribution is 2.50. The molecule has 1 amide bonds. The maximum atomic E-state index is 12.8. The van der Waals surface area contributed by atoms with Crippen molar-refractivity contribution in [2.24, 2.45) is 5.41 Å². The summed E-state index contributed by atoms with van der Waals surface area (Å²) in [5.74, 6) is -0.230. The van der Waals surface area contributed by atoms with Gasteiger partial charge in [-0.05, 0) is 37.3 Å². The Bertz CT molecular complexity index is 589. The van der Waals surface area contributed by atoms with Gasteiger partial charge in [-0.2, -0.15) is 13.2 Å². The van der Waals surface area contributed by atoms with E-state index in [1.165, 1.54) is 6.07 Å². The molecule has 0 atom stereocenters. The number of amides is 1. The fourth-order valence-electron chi connectivity index (χ4n) is 2.77. The van der Waals surface area contributed by atoms with E-state index in [9.17, 15) is 23.1 Å². The highest BCUT2D eigenvalue weighted by molar-refractivity contribution is 5.91. The minimum Gasteiger partial charge on any atom is -0.396 e. The van der Waals surface area contributed by atoms with E-state index < -0.39 is 17.2 Å². The van der Waals surface area contributed by atoms with Gasteiger partial charge in [-0.15, -0.1) is 0 Å². The van der Waals surface area contributed by atoms with Gasteiger partial charge >= 0.3 is 6.18 Å². The molecule has 0 aromatic heterocycles. The van der Waals surface area contributed by atoms with E-state index in [2.05, 4.69) is 5.32 Å². The number of carbonyl (C=O) groups is 1. The van der Waals surface area contributed by atoms with Crippen molar-refractivity contribution in [1.82, 2.24) is 5.32 Å². The molecule has 3 nitrogen and oxygen atoms in total. The van der Waals surface area contributed by atoms with Gasteiger partial charge in [0.25, 0.3) is 0 Å². The van der Waals surface area contributed by atoms with E-state index in [4.69, 9.17) is 0 Å². The van der Waals surface area contributed by atoms with Crippen LogP contribution in [-0.2, 0) is 16.4 Å². The van der Waals surface area contributed by atoms with Crippen LogP contribution < -0.4 is 5.32 Å². The first-order valence-corrected chi connectivity index (χ1v) is 7.38. The largest absolute Gasteiger partial charge is 0.416 e. The molecule has 0 radical (unpaired) electrons. The van der Waals surface area contributed by atoms with Crippen LogP contribution in [0.3, 0.4) is 0 Å². The Morgan fingerprint density at radius 2 is 1.91 bits per heavy atom. The first kappa shape index (κ1) is 15.3. The Balaban J connectivity index is 1.74. The summed E-state index contributed by atoms with van der Waals surface area (Å²) < 4.78 is 38.4. The van der Waals surface area contributed by atoms with Gasteiger partial charge in [-0.25, -0.2) is 0 Å². The van der Waals surface area contributed by atoms with Crippen LogP contribution in [0.1, 0.15) is 36.8 Å². The number of hydrogen-bond acceptors (Lipinski definition) is 2. The van der Waals surface area contributed by atoms with Crippen LogP contribution in [0, 0.1) is 5.41 Å². The molecule has 2 N–H and O–H groups in total. The van der Waals surface area contributed by atoms with Crippen molar-refractivity contribution in [3.63, 3.8) is 0 Å². The fourth-order valence-corrected chi connectivity index (χ4v) is 2.77. The Morgan fingerprint density at radius 3 is 2.41 bits per heavy atom. The number of nitrogens with one attached hydrogen (secondary N) is 1. The fraction of sp³-hybridized carbons (Fsp3) is 0.562. The van der Waals surface area contributed by atoms with Crippen molar-refractivity contribution in [2.75, 3.05) is 13.2 Å². The number of aliphatic hydroxyl groups excluding tert-OH is 1. The first-order valence-electron chi connectivity index (χ1n) is 7.38. The molecule has 2 fully saturated rings. The Hall–Kier alpha value is -1.56. The van der Waals surface area contributed by atoms with Gasteiger partial charge in [0.2, 0.25) is 5.91 Å². The van der Waals surface area contributed by atoms with E-state index in [1.807, 2.05) is 0 Å². The summed E-state index contributed by atoms with van der Waals surface area (Å²) in [6, 6.07) is 5.02. The zero-order valence-electron chi connectivity index (χ0n) is 12.0. The van der Waals surface area contributed by atoms with Crippen molar-refractivity contribution in [3.8, 4) is 0 Å². The van der Waals surface area contributed by atoms with E-state index in [1.54, 1.807) is 6.07 Å². The minimum absolute atomic E-state index is 0.0316. The molecule has 0 aliphatic heterocycles. The topological polar surface area (TPSA) is 49.3 Å². The second-order valence-corrected chi connectivity index (χ2v) is 6.50. The number of benzene rings is 1. The molecule has 6 heteroatoms. The first-order chi connectivity index (χ1) is 10.3. The SMILES string of the molecule is O=C(NCC1(CO)CC1)C1(c2cccc(C(F)(F)F)c2)CC1. The van der Waals surface area contributed by atoms with Crippen LogP contribution in [0.4, 0.5) is 13.2 Å². The number of halogens is 3. The number of hydrogen-bond donors (Lipinski definition) is 2. The summed E-state index contributed by atoms with van der Waals surface area (Å²) in [5, 5.41) is 12.1. The molecule has 0 unspecified atom stereocenters. The normalized spacial score (nSPS) is 21.3. The van der Waals surface area contributed by atoms with Gasteiger partial charge in [0.15, 0.2) is 0 Å². The van der Waals surface area contributed by atoms with Crippen molar-refractivity contribution in [2.45, 2.75) is 37.3 Å². The smallest absolute Gasteiger partial charge is 0.396 e. The van der Waals surface area contributed by atoms with E-state index in [0.717, 1.165) is 25.0 Å². The average molecular weight is 313 g/mol. The van der Waals surface area contributed by atoms with Crippen LogP contribution in [0.25, 0.3) is 0 Å². The molecule has 0 saturated heterocycles. The molecule has 22 heavy (non-hydrogen) atoms. The predicted octanol–water partition coefficient (Wildman–Crippen LogP) is 2.63. The van der Waals surface area contributed by atoms with Crippen molar-refractivity contribution < 1.29 is 23.1 Å². The summed E-state index contributed by atoms with van der Waals surface area (Å²) in [6.07, 6.45) is -1.53. The summed E-state index contributed by atoms with van der Waals surface area (Å²) in [7, 11) is 0. The van der Waals surface area contributed by atoms with Crippen molar-refractivity contribution in [1.29, 1.82) is 0 Å². The zero-order chi connectivity index (χ0) is 16.0. The lowest BCUT2D eigenvalue weighted by Crippen LogP contribution is -2.39. The van der Waals surface area contributed by atoms with Crippen LogP contribution in [0.2, 0.25) is 0 Å². The molecule has 3 rings (SSSR count). The summed E-state index contributed by atoms with van der Waals surface area (Å²) in [4.78, 5) is 12.4. The Morgan fingerprint density at radius 1 is 1.23 bits per heavy atom. The van der Waals surface area contributed by atoms with Gasteiger partial charge < -0.3 is 10.4 Å². The second kappa shape index (κ2) is 4.98. The summed E-state index contributed by atoms with van der Waals surface area (Å²) in [5.41, 5.74) is -1.33. The van der Waals surface area contributed by atoms with Gasteiger partial charge in [0.05, 0.1) is 17.6 Å². The predicted molar refractivity (Wildman–Crippen MR) is 74.1 cm³/mol. The lowest BCUT2D eigenvalue weighted by molar-refractivity contribution is -0.137. The van der Waals surface area contributed by atoms with Crippen LogP contribution in [-0.4, -0.2) is 24.2 Å². The van der Waals surface area contributed by atoms with Crippen LogP contribution in [0.5, 0.6) is 0 Å². The average Bonchev–Trinajstić information content (AvgIpc) is 3.38. The molecular weight excluding hydrogens is 295 g/mol. The quantitative estimate of drug-likeness (QED) is 0.878. The molecule has 2 saturated carbocycles. The molecule has 0 heterocycles. The maximum absolute atomic E-state index is 12.8. The molecule has 0 bridgehead atoms. The lowest BCUT2D eigenvalue weighted by atomic mass is 9.93. The van der Waals surface area contributed by atoms with E-state index in [0.29, 0.717) is 24.9 Å². The molecule has 1 aromatic rings. The molecule has 0 spiro atoms. The highest BCUT2D eigenvalue weighted by atomic mass is 19.4. The third-order valence-electron chi connectivity index (χ3n) is 4.84. The number of aliphatic hydroxyl groups is 1. The van der Waals surface area contributed by atoms with Crippen molar-refractivity contribution in [3.05, 3.63) is 35.4 Å². The maximum Gasteiger partial charge on any atom is 0.416 e. The van der Waals surface area contributed by atoms with Crippen molar-refractivity contribution >= 4 is 5.91 Å². The third-order valence-corrected chi connectivity index (χ3v) is 4.84. The van der Waals surface area contributed by atoms with Gasteiger partial charge in [0, 0.05) is 12.0 Å². The van der Waals surface area contributed by atoms with Gasteiger partial charge in [0.1, 0.15) is 0 Å². The monoisotopic (exact) mass is 313 g/mol. The van der Waals surface area contributed by atoms with E-state index in [-0.39, 0.29) is 17.9 Å². The van der Waals surface area contributed by atoms with Gasteiger partial charge in [-0.1, -0.05) is 18.2 Å². The summed E-state index contributed by atoms with van der Waals surface area (Å²) >= 11 is 0. The number of carbonyl (C=O) groups excluding carboxylic acids is 1. The Kier molecular flexibility index (Phi) is 3.47. The molecule has 2 aliphatic carbocycles. The lowest BCUT2D eigenvalue weighted by Gasteiger charge is -2.19. The Labute approximate surface area is 126 Å². The van der Waals surface area contributed by atoms with E-state index >= 15 is 0 Å².